The zero-order valence-corrected chi connectivity index (χ0v) is 20.6. The van der Waals surface area contributed by atoms with Gasteiger partial charge in [0.2, 0.25) is 5.95 Å². The van der Waals surface area contributed by atoms with Crippen LogP contribution in [0.2, 0.25) is 0 Å². The lowest BCUT2D eigenvalue weighted by Gasteiger charge is -2.34. The minimum atomic E-state index is -1.04. The number of aromatic nitrogens is 3. The van der Waals surface area contributed by atoms with Gasteiger partial charge >= 0.3 is 0 Å². The number of piperidine rings is 1. The van der Waals surface area contributed by atoms with Gasteiger partial charge in [-0.15, -0.1) is 11.3 Å². The highest BCUT2D eigenvalue weighted by atomic mass is 32.1. The first-order valence-electron chi connectivity index (χ1n) is 11.7. The molecule has 0 spiro atoms. The monoisotopic (exact) mass is 489 g/mol. The van der Waals surface area contributed by atoms with Crippen molar-refractivity contribution in [3.8, 4) is 21.8 Å². The van der Waals surface area contributed by atoms with Crippen LogP contribution in [0.3, 0.4) is 0 Å². The first-order chi connectivity index (χ1) is 16.9. The summed E-state index contributed by atoms with van der Waals surface area (Å²) in [6.45, 7) is 3.61. The van der Waals surface area contributed by atoms with Crippen molar-refractivity contribution in [2.75, 3.05) is 25.5 Å². The van der Waals surface area contributed by atoms with Crippen molar-refractivity contribution >= 4 is 17.3 Å². The van der Waals surface area contributed by atoms with E-state index in [1.165, 1.54) is 17.4 Å². The average Bonchev–Trinajstić information content (AvgIpc) is 3.33. The summed E-state index contributed by atoms with van der Waals surface area (Å²) in [4.78, 5) is 16.9. The number of anilines is 1. The Labute approximate surface area is 208 Å². The molecular weight excluding hydrogens is 461 g/mol. The maximum Gasteiger partial charge on any atom is 0.223 e. The zero-order chi connectivity index (χ0) is 24.4. The number of rotatable bonds is 6. The third-order valence-electron chi connectivity index (χ3n) is 6.50. The smallest absolute Gasteiger partial charge is 0.223 e. The van der Waals surface area contributed by atoms with Crippen LogP contribution in [0.4, 0.5) is 10.3 Å². The molecule has 2 N–H and O–H groups in total. The molecule has 3 heterocycles. The van der Waals surface area contributed by atoms with Gasteiger partial charge in [-0.2, -0.15) is 0 Å². The lowest BCUT2D eigenvalue weighted by molar-refractivity contribution is -0.0203. The van der Waals surface area contributed by atoms with E-state index in [1.54, 1.807) is 30.5 Å². The highest BCUT2D eigenvalue weighted by molar-refractivity contribution is 7.15. The fraction of sp³-hybridized carbons (Fsp3) is 0.296. The lowest BCUT2D eigenvalue weighted by atomic mass is 9.92. The van der Waals surface area contributed by atoms with Crippen molar-refractivity contribution in [3.05, 3.63) is 83.2 Å². The standard InChI is InChI=1S/C27H28FN5OS/c1-18(19-8-4-3-5-9-19)30-26-29-15-12-22(31-26)24-23(20-10-6-7-11-21(20)28)32-25(35-24)27(34)13-16-33(2)17-14-27/h3-12,15,18,34H,13-14,16-17H2,1-2H3,(H,29,30,31). The summed E-state index contributed by atoms with van der Waals surface area (Å²) in [7, 11) is 2.05. The Kier molecular flexibility index (Phi) is 6.60. The number of thiazole rings is 1. The van der Waals surface area contributed by atoms with Gasteiger partial charge in [-0.05, 0) is 50.6 Å². The molecule has 2 aromatic carbocycles. The Morgan fingerprint density at radius 2 is 1.74 bits per heavy atom. The van der Waals surface area contributed by atoms with Gasteiger partial charge in [0.15, 0.2) is 0 Å². The van der Waals surface area contributed by atoms with Crippen LogP contribution in [0.25, 0.3) is 21.8 Å². The molecule has 180 valence electrons. The highest BCUT2D eigenvalue weighted by Crippen LogP contribution is 2.43. The van der Waals surface area contributed by atoms with E-state index in [1.807, 2.05) is 25.2 Å². The number of benzene rings is 2. The summed E-state index contributed by atoms with van der Waals surface area (Å²) in [6.07, 6.45) is 2.86. The molecule has 8 heteroatoms. The minimum absolute atomic E-state index is 0.00875. The molecule has 1 atom stereocenters. The van der Waals surface area contributed by atoms with Crippen molar-refractivity contribution < 1.29 is 9.50 Å². The number of hydrogen-bond donors (Lipinski definition) is 2. The minimum Gasteiger partial charge on any atom is -0.383 e. The molecule has 1 unspecified atom stereocenters. The Morgan fingerprint density at radius 1 is 1.03 bits per heavy atom. The van der Waals surface area contributed by atoms with Gasteiger partial charge in [0.05, 0.1) is 22.3 Å². The molecule has 6 nitrogen and oxygen atoms in total. The number of nitrogens with zero attached hydrogens (tertiary/aromatic N) is 4. The van der Waals surface area contributed by atoms with Crippen molar-refractivity contribution in [1.82, 2.24) is 19.9 Å². The number of halogens is 1. The van der Waals surface area contributed by atoms with E-state index in [0.717, 1.165) is 23.5 Å². The summed E-state index contributed by atoms with van der Waals surface area (Å²) in [5.41, 5.74) is 1.62. The van der Waals surface area contributed by atoms with Gasteiger partial charge in [0, 0.05) is 24.8 Å². The van der Waals surface area contributed by atoms with Crippen LogP contribution in [-0.4, -0.2) is 45.1 Å². The van der Waals surface area contributed by atoms with Crippen LogP contribution in [0.1, 0.15) is 36.4 Å². The molecule has 0 radical (unpaired) electrons. The maximum absolute atomic E-state index is 14.9. The number of likely N-dealkylation sites (tertiary alicyclic amines) is 1. The van der Waals surface area contributed by atoms with Crippen LogP contribution < -0.4 is 5.32 Å². The van der Waals surface area contributed by atoms with Crippen molar-refractivity contribution in [1.29, 1.82) is 0 Å². The SMILES string of the molecule is CC(Nc1nccc(-c2sc(C3(O)CCN(C)CC3)nc2-c2ccccc2F)n1)c1ccccc1. The second kappa shape index (κ2) is 9.81. The van der Waals surface area contributed by atoms with Gasteiger partial charge in [-0.3, -0.25) is 0 Å². The molecule has 0 saturated carbocycles. The van der Waals surface area contributed by atoms with E-state index < -0.39 is 5.60 Å². The predicted molar refractivity (Wildman–Crippen MR) is 138 cm³/mol. The van der Waals surface area contributed by atoms with Crippen molar-refractivity contribution in [2.24, 2.45) is 0 Å². The quantitative estimate of drug-likeness (QED) is 0.373. The van der Waals surface area contributed by atoms with Gasteiger partial charge < -0.3 is 15.3 Å². The number of hydrogen-bond acceptors (Lipinski definition) is 7. The van der Waals surface area contributed by atoms with Gasteiger partial charge in [-0.1, -0.05) is 42.5 Å². The Morgan fingerprint density at radius 3 is 2.49 bits per heavy atom. The Hall–Kier alpha value is -3.20. The molecule has 2 aromatic heterocycles. The molecular formula is C27H28FN5OS. The first-order valence-corrected chi connectivity index (χ1v) is 12.6. The van der Waals surface area contributed by atoms with E-state index in [-0.39, 0.29) is 11.9 Å². The van der Waals surface area contributed by atoms with Gasteiger partial charge in [0.25, 0.3) is 0 Å². The molecule has 1 aliphatic rings. The van der Waals surface area contributed by atoms with Crippen molar-refractivity contribution in [3.63, 3.8) is 0 Å². The van der Waals surface area contributed by atoms with Crippen LogP contribution in [-0.2, 0) is 5.60 Å². The molecule has 4 aromatic rings. The van der Waals surface area contributed by atoms with Crippen molar-refractivity contribution in [2.45, 2.75) is 31.4 Å². The number of aliphatic hydroxyl groups is 1. The normalized spacial score (nSPS) is 16.7. The molecule has 1 saturated heterocycles. The highest BCUT2D eigenvalue weighted by Gasteiger charge is 2.37. The molecule has 1 fully saturated rings. The largest absolute Gasteiger partial charge is 0.383 e. The van der Waals surface area contributed by atoms with E-state index >= 15 is 0 Å². The summed E-state index contributed by atoms with van der Waals surface area (Å²) in [5.74, 6) is 0.123. The second-order valence-electron chi connectivity index (χ2n) is 9.05. The Balaban J connectivity index is 1.54. The van der Waals surface area contributed by atoms with E-state index in [9.17, 15) is 9.50 Å². The fourth-order valence-electron chi connectivity index (χ4n) is 4.30. The molecule has 0 bridgehead atoms. The van der Waals surface area contributed by atoms with E-state index in [0.29, 0.717) is 40.7 Å². The van der Waals surface area contributed by atoms with Crippen LogP contribution in [0.15, 0.2) is 66.9 Å². The summed E-state index contributed by atoms with van der Waals surface area (Å²) < 4.78 is 14.9. The summed E-state index contributed by atoms with van der Waals surface area (Å²) in [5, 5.41) is 15.4. The van der Waals surface area contributed by atoms with Crippen LogP contribution in [0.5, 0.6) is 0 Å². The number of nitrogens with one attached hydrogen (secondary N) is 1. The van der Waals surface area contributed by atoms with E-state index in [4.69, 9.17) is 9.97 Å². The average molecular weight is 490 g/mol. The molecule has 1 aliphatic heterocycles. The lowest BCUT2D eigenvalue weighted by Crippen LogP contribution is -2.40. The fourth-order valence-corrected chi connectivity index (χ4v) is 5.50. The van der Waals surface area contributed by atoms with Crippen LogP contribution in [0, 0.1) is 5.82 Å². The predicted octanol–water partition coefficient (Wildman–Crippen LogP) is 5.49. The summed E-state index contributed by atoms with van der Waals surface area (Å²) >= 11 is 1.38. The molecule has 0 amide bonds. The second-order valence-corrected chi connectivity index (χ2v) is 10.1. The van der Waals surface area contributed by atoms with Gasteiger partial charge in [-0.25, -0.2) is 19.3 Å². The third kappa shape index (κ3) is 4.96. The third-order valence-corrected chi connectivity index (χ3v) is 7.77. The van der Waals surface area contributed by atoms with E-state index in [2.05, 4.69) is 34.3 Å². The molecule has 5 rings (SSSR count). The first kappa shape index (κ1) is 23.5. The zero-order valence-electron chi connectivity index (χ0n) is 19.8. The molecule has 0 aliphatic carbocycles. The molecule has 35 heavy (non-hydrogen) atoms. The maximum atomic E-state index is 14.9. The Bertz CT molecular complexity index is 1300. The topological polar surface area (TPSA) is 74.2 Å². The van der Waals surface area contributed by atoms with Gasteiger partial charge in [0.1, 0.15) is 16.4 Å². The summed E-state index contributed by atoms with van der Waals surface area (Å²) in [6, 6.07) is 18.5. The van der Waals surface area contributed by atoms with Crippen LogP contribution >= 0.6 is 11.3 Å².